The molecule has 2 atom stereocenters. The first-order chi connectivity index (χ1) is 13.6. The zero-order valence-corrected chi connectivity index (χ0v) is 19.0. The molecule has 1 aliphatic heterocycles. The Morgan fingerprint density at radius 1 is 1.03 bits per heavy atom. The van der Waals surface area contributed by atoms with E-state index in [0.29, 0.717) is 6.61 Å². The van der Waals surface area contributed by atoms with Crippen LogP contribution in [0, 0.1) is 5.92 Å². The maximum absolute atomic E-state index is 12.6. The van der Waals surface area contributed by atoms with Crippen molar-refractivity contribution in [3.05, 3.63) is 0 Å². The van der Waals surface area contributed by atoms with E-state index < -0.39 is 29.8 Å². The number of esters is 2. The monoisotopic (exact) mass is 413 g/mol. The summed E-state index contributed by atoms with van der Waals surface area (Å²) in [6.07, 6.45) is 4.14. The molecule has 0 aromatic carbocycles. The van der Waals surface area contributed by atoms with Crippen molar-refractivity contribution >= 4 is 18.0 Å². The van der Waals surface area contributed by atoms with Crippen molar-refractivity contribution in [3.8, 4) is 0 Å². The van der Waals surface area contributed by atoms with Crippen LogP contribution in [0.2, 0.25) is 0 Å². The van der Waals surface area contributed by atoms with Gasteiger partial charge in [0.05, 0.1) is 19.1 Å². The van der Waals surface area contributed by atoms with Gasteiger partial charge in [0.1, 0.15) is 17.7 Å². The molecule has 1 aliphatic rings. The molecule has 1 amide bonds. The van der Waals surface area contributed by atoms with Crippen LogP contribution in [-0.4, -0.2) is 53.8 Å². The number of amides is 1. The van der Waals surface area contributed by atoms with Gasteiger partial charge in [-0.2, -0.15) is 0 Å². The highest BCUT2D eigenvalue weighted by Gasteiger charge is 2.44. The van der Waals surface area contributed by atoms with Crippen molar-refractivity contribution in [2.75, 3.05) is 13.2 Å². The van der Waals surface area contributed by atoms with E-state index in [9.17, 15) is 14.4 Å². The van der Waals surface area contributed by atoms with E-state index in [1.807, 2.05) is 20.8 Å². The lowest BCUT2D eigenvalue weighted by Gasteiger charge is -2.27. The highest BCUT2D eigenvalue weighted by Crippen LogP contribution is 2.26. The van der Waals surface area contributed by atoms with Crippen molar-refractivity contribution in [2.24, 2.45) is 5.92 Å². The van der Waals surface area contributed by atoms with Crippen LogP contribution in [0.4, 0.5) is 4.79 Å². The fraction of sp³-hybridized carbons (Fsp3) is 0.864. The van der Waals surface area contributed by atoms with E-state index in [-0.39, 0.29) is 24.9 Å². The molecule has 168 valence electrons. The van der Waals surface area contributed by atoms with Gasteiger partial charge < -0.3 is 14.2 Å². The van der Waals surface area contributed by atoms with Crippen LogP contribution in [0.15, 0.2) is 0 Å². The van der Waals surface area contributed by atoms with Gasteiger partial charge in [0, 0.05) is 6.42 Å². The lowest BCUT2D eigenvalue weighted by molar-refractivity contribution is -0.155. The summed E-state index contributed by atoms with van der Waals surface area (Å²) in [7, 11) is 0. The predicted molar refractivity (Wildman–Crippen MR) is 110 cm³/mol. The van der Waals surface area contributed by atoms with E-state index in [1.165, 1.54) is 4.90 Å². The third-order valence-corrected chi connectivity index (χ3v) is 4.80. The van der Waals surface area contributed by atoms with Crippen LogP contribution >= 0.6 is 0 Å². The zero-order chi connectivity index (χ0) is 22.0. The van der Waals surface area contributed by atoms with Gasteiger partial charge in [0.25, 0.3) is 0 Å². The maximum Gasteiger partial charge on any atom is 0.411 e. The zero-order valence-electron chi connectivity index (χ0n) is 19.0. The Labute approximate surface area is 175 Å². The number of hydrogen-bond acceptors (Lipinski definition) is 6. The first-order valence-electron chi connectivity index (χ1n) is 11.0. The molecule has 1 fully saturated rings. The number of carbonyl (C=O) groups excluding carboxylic acids is 3. The molecule has 0 bridgehead atoms. The Morgan fingerprint density at radius 3 is 2.17 bits per heavy atom. The van der Waals surface area contributed by atoms with Crippen LogP contribution in [0.1, 0.15) is 86.5 Å². The molecule has 1 heterocycles. The minimum atomic E-state index is -0.796. The molecule has 0 radical (unpaired) electrons. The summed E-state index contributed by atoms with van der Waals surface area (Å²) in [5.74, 6) is -0.861. The van der Waals surface area contributed by atoms with Gasteiger partial charge in [-0.15, -0.1) is 0 Å². The van der Waals surface area contributed by atoms with Crippen LogP contribution < -0.4 is 0 Å². The topological polar surface area (TPSA) is 82.1 Å². The standard InChI is InChI=1S/C22H39NO6/c1-7-10-13-27-20(25)18-14-17(15-23(18)21(26)29-22(4,5)6)28-19(24)16(11-8-2)12-9-3/h16-18H,7-15H2,1-6H3/t17-,18-/m0/s1. The summed E-state index contributed by atoms with van der Waals surface area (Å²) >= 11 is 0. The van der Waals surface area contributed by atoms with Gasteiger partial charge in [-0.05, 0) is 40.0 Å². The van der Waals surface area contributed by atoms with Crippen LogP contribution in [0.25, 0.3) is 0 Å². The number of ether oxygens (including phenoxy) is 3. The van der Waals surface area contributed by atoms with Crippen LogP contribution in [0.3, 0.4) is 0 Å². The van der Waals surface area contributed by atoms with E-state index in [4.69, 9.17) is 14.2 Å². The quantitative estimate of drug-likeness (QED) is 0.299. The number of rotatable bonds is 10. The molecule has 0 aromatic heterocycles. The van der Waals surface area contributed by atoms with Crippen molar-refractivity contribution < 1.29 is 28.6 Å². The summed E-state index contributed by atoms with van der Waals surface area (Å²) in [5.41, 5.74) is -0.685. The number of nitrogens with zero attached hydrogens (tertiary/aromatic N) is 1. The van der Waals surface area contributed by atoms with Gasteiger partial charge in [-0.25, -0.2) is 9.59 Å². The largest absolute Gasteiger partial charge is 0.464 e. The normalized spacial score (nSPS) is 19.3. The second-order valence-corrected chi connectivity index (χ2v) is 8.74. The average Bonchev–Trinajstić information content (AvgIpc) is 3.04. The third kappa shape index (κ3) is 8.62. The molecule has 0 unspecified atom stereocenters. The second-order valence-electron chi connectivity index (χ2n) is 8.74. The summed E-state index contributed by atoms with van der Waals surface area (Å²) < 4.78 is 16.5. The summed E-state index contributed by atoms with van der Waals surface area (Å²) in [6.45, 7) is 11.9. The minimum absolute atomic E-state index is 0.138. The van der Waals surface area contributed by atoms with E-state index >= 15 is 0 Å². The molecule has 0 aromatic rings. The van der Waals surface area contributed by atoms with Crippen LogP contribution in [-0.2, 0) is 23.8 Å². The molecule has 0 N–H and O–H groups in total. The highest BCUT2D eigenvalue weighted by atomic mass is 16.6. The first kappa shape index (κ1) is 25.2. The molecular formula is C22H39NO6. The Kier molecular flexibility index (Phi) is 10.5. The number of carbonyl (C=O) groups is 3. The SMILES string of the molecule is CCCCOC(=O)[C@@H]1C[C@H](OC(=O)C(CCC)CCC)CN1C(=O)OC(C)(C)C. The Morgan fingerprint density at radius 2 is 1.66 bits per heavy atom. The predicted octanol–water partition coefficient (Wildman–Crippen LogP) is 4.47. The summed E-state index contributed by atoms with van der Waals surface area (Å²) in [4.78, 5) is 39.1. The summed E-state index contributed by atoms with van der Waals surface area (Å²) in [6, 6.07) is -0.796. The van der Waals surface area contributed by atoms with Crippen molar-refractivity contribution in [1.82, 2.24) is 4.90 Å². The van der Waals surface area contributed by atoms with E-state index in [1.54, 1.807) is 20.8 Å². The lowest BCUT2D eigenvalue weighted by atomic mass is 9.98. The fourth-order valence-electron chi connectivity index (χ4n) is 3.38. The van der Waals surface area contributed by atoms with Gasteiger partial charge in [0.2, 0.25) is 0 Å². The highest BCUT2D eigenvalue weighted by molar-refractivity contribution is 5.82. The van der Waals surface area contributed by atoms with Crippen molar-refractivity contribution in [2.45, 2.75) is 104 Å². The molecule has 7 nitrogen and oxygen atoms in total. The minimum Gasteiger partial charge on any atom is -0.464 e. The number of unbranched alkanes of at least 4 members (excludes halogenated alkanes) is 1. The summed E-state index contributed by atoms with van der Waals surface area (Å²) in [5, 5.41) is 0. The molecule has 0 aliphatic carbocycles. The second kappa shape index (κ2) is 12.0. The fourth-order valence-corrected chi connectivity index (χ4v) is 3.38. The van der Waals surface area contributed by atoms with Gasteiger partial charge in [-0.1, -0.05) is 40.0 Å². The molecule has 1 rings (SSSR count). The molecule has 1 saturated heterocycles. The smallest absolute Gasteiger partial charge is 0.411 e. The molecular weight excluding hydrogens is 374 g/mol. The van der Waals surface area contributed by atoms with Gasteiger partial charge in [-0.3, -0.25) is 9.69 Å². The Balaban J connectivity index is 2.85. The van der Waals surface area contributed by atoms with Gasteiger partial charge in [0.15, 0.2) is 0 Å². The van der Waals surface area contributed by atoms with E-state index in [0.717, 1.165) is 38.5 Å². The Bertz CT molecular complexity index is 536. The molecule has 0 spiro atoms. The molecule has 0 saturated carbocycles. The molecule has 7 heteroatoms. The van der Waals surface area contributed by atoms with Crippen molar-refractivity contribution in [3.63, 3.8) is 0 Å². The maximum atomic E-state index is 12.6. The van der Waals surface area contributed by atoms with Crippen molar-refractivity contribution in [1.29, 1.82) is 0 Å². The Hall–Kier alpha value is -1.79. The third-order valence-electron chi connectivity index (χ3n) is 4.80. The van der Waals surface area contributed by atoms with E-state index in [2.05, 4.69) is 0 Å². The van der Waals surface area contributed by atoms with Gasteiger partial charge >= 0.3 is 18.0 Å². The molecule has 29 heavy (non-hydrogen) atoms. The lowest BCUT2D eigenvalue weighted by Crippen LogP contribution is -2.44. The van der Waals surface area contributed by atoms with Crippen LogP contribution in [0.5, 0.6) is 0 Å². The number of likely N-dealkylation sites (tertiary alicyclic amines) is 1. The average molecular weight is 414 g/mol. The number of hydrogen-bond donors (Lipinski definition) is 0. The first-order valence-corrected chi connectivity index (χ1v) is 11.0.